The molecule has 0 N–H and O–H groups in total. The highest BCUT2D eigenvalue weighted by Crippen LogP contribution is 2.24. The maximum atomic E-state index is 10.7. The predicted molar refractivity (Wildman–Crippen MR) is 49.1 cm³/mol. The normalized spacial score (nSPS) is 28.5. The molecule has 0 aromatic heterocycles. The van der Waals surface area contributed by atoms with Crippen LogP contribution in [-0.2, 0) is 14.3 Å². The van der Waals surface area contributed by atoms with Crippen LogP contribution < -0.4 is 0 Å². The minimum Gasteiger partial charge on any atom is -0.436 e. The summed E-state index contributed by atoms with van der Waals surface area (Å²) in [6, 6.07) is 0. The van der Waals surface area contributed by atoms with Crippen molar-refractivity contribution in [1.29, 1.82) is 0 Å². The van der Waals surface area contributed by atoms with Crippen molar-refractivity contribution in [2.45, 2.75) is 45.8 Å². The molecule has 1 heterocycles. The Hall–Kier alpha value is -0.570. The number of esters is 1. The molecule has 0 amide bonds. The maximum Gasteiger partial charge on any atom is 0.304 e. The van der Waals surface area contributed by atoms with E-state index in [1.54, 1.807) is 0 Å². The second-order valence-electron chi connectivity index (χ2n) is 3.59. The Kier molecular flexibility index (Phi) is 4.22. The van der Waals surface area contributed by atoms with Gasteiger partial charge >= 0.3 is 5.97 Å². The van der Waals surface area contributed by atoms with E-state index in [-0.39, 0.29) is 12.3 Å². The first-order valence-corrected chi connectivity index (χ1v) is 5.01. The number of hydrogen-bond donors (Lipinski definition) is 0. The lowest BCUT2D eigenvalue weighted by atomic mass is 9.94. The van der Waals surface area contributed by atoms with Gasteiger partial charge in [0.05, 0.1) is 6.61 Å². The van der Waals surface area contributed by atoms with Gasteiger partial charge in [-0.2, -0.15) is 0 Å². The first-order chi connectivity index (χ1) is 6.22. The van der Waals surface area contributed by atoms with E-state index in [0.29, 0.717) is 5.92 Å². The molecular weight excluding hydrogens is 168 g/mol. The smallest absolute Gasteiger partial charge is 0.304 e. The zero-order chi connectivity index (χ0) is 9.68. The number of rotatable bonds is 3. The van der Waals surface area contributed by atoms with E-state index in [1.165, 1.54) is 19.8 Å². The molecule has 3 nitrogen and oxygen atoms in total. The van der Waals surface area contributed by atoms with Crippen molar-refractivity contribution in [3.63, 3.8) is 0 Å². The lowest BCUT2D eigenvalue weighted by Gasteiger charge is -2.28. The van der Waals surface area contributed by atoms with E-state index in [9.17, 15) is 4.79 Å². The minimum absolute atomic E-state index is 0.248. The quantitative estimate of drug-likeness (QED) is 0.633. The summed E-state index contributed by atoms with van der Waals surface area (Å²) in [6.45, 7) is 4.33. The Bertz CT molecular complexity index is 166. The molecule has 0 spiro atoms. The van der Waals surface area contributed by atoms with Crippen molar-refractivity contribution in [2.75, 3.05) is 6.61 Å². The van der Waals surface area contributed by atoms with Crippen LogP contribution >= 0.6 is 0 Å². The Labute approximate surface area is 79.4 Å². The molecule has 3 heteroatoms. The van der Waals surface area contributed by atoms with Crippen molar-refractivity contribution in [1.82, 2.24) is 0 Å². The summed E-state index contributed by atoms with van der Waals surface area (Å²) in [5, 5.41) is 0. The fourth-order valence-electron chi connectivity index (χ4n) is 1.76. The van der Waals surface area contributed by atoms with Gasteiger partial charge in [0.25, 0.3) is 0 Å². The fraction of sp³-hybridized carbons (Fsp3) is 0.900. The summed E-state index contributed by atoms with van der Waals surface area (Å²) in [4.78, 5) is 10.7. The van der Waals surface area contributed by atoms with E-state index < -0.39 is 0 Å². The van der Waals surface area contributed by atoms with Crippen LogP contribution in [0.1, 0.15) is 39.5 Å². The van der Waals surface area contributed by atoms with Gasteiger partial charge in [-0.05, 0) is 12.3 Å². The first-order valence-electron chi connectivity index (χ1n) is 5.01. The molecular formula is C10H18O3. The van der Waals surface area contributed by atoms with Crippen LogP contribution in [-0.4, -0.2) is 18.9 Å². The predicted octanol–water partition coefficient (Wildman–Crippen LogP) is 2.10. The molecule has 2 atom stereocenters. The van der Waals surface area contributed by atoms with Gasteiger partial charge < -0.3 is 9.47 Å². The van der Waals surface area contributed by atoms with Crippen LogP contribution in [0.4, 0.5) is 0 Å². The van der Waals surface area contributed by atoms with Gasteiger partial charge in [0.15, 0.2) is 0 Å². The Morgan fingerprint density at radius 1 is 1.62 bits per heavy atom. The first kappa shape index (κ1) is 10.5. The average molecular weight is 186 g/mol. The van der Waals surface area contributed by atoms with Gasteiger partial charge in [0.2, 0.25) is 6.29 Å². The van der Waals surface area contributed by atoms with Crippen LogP contribution in [0, 0.1) is 5.92 Å². The lowest BCUT2D eigenvalue weighted by molar-refractivity contribution is -0.190. The molecule has 0 radical (unpaired) electrons. The number of hydrogen-bond acceptors (Lipinski definition) is 3. The Morgan fingerprint density at radius 3 is 3.00 bits per heavy atom. The van der Waals surface area contributed by atoms with Crippen molar-refractivity contribution in [3.05, 3.63) is 0 Å². The molecule has 0 aliphatic carbocycles. The summed E-state index contributed by atoms with van der Waals surface area (Å²) in [6.07, 6.45) is 4.08. The molecule has 1 aliphatic rings. The monoisotopic (exact) mass is 186 g/mol. The van der Waals surface area contributed by atoms with E-state index in [0.717, 1.165) is 19.4 Å². The lowest BCUT2D eigenvalue weighted by Crippen LogP contribution is -2.29. The van der Waals surface area contributed by atoms with Crippen molar-refractivity contribution >= 4 is 5.97 Å². The summed E-state index contributed by atoms with van der Waals surface area (Å²) >= 11 is 0. The molecule has 13 heavy (non-hydrogen) atoms. The standard InChI is InChI=1S/C10H18O3/c1-3-4-9-5-6-12-10(7-9)13-8(2)11/h9-10H,3-7H2,1-2H3. The number of carbonyl (C=O) groups is 1. The molecule has 76 valence electrons. The Morgan fingerprint density at radius 2 is 2.38 bits per heavy atom. The van der Waals surface area contributed by atoms with Gasteiger partial charge in [0, 0.05) is 13.3 Å². The molecule has 1 rings (SSSR count). The highest BCUT2D eigenvalue weighted by atomic mass is 16.7. The minimum atomic E-state index is -0.289. The van der Waals surface area contributed by atoms with E-state index >= 15 is 0 Å². The third-order valence-electron chi connectivity index (χ3n) is 2.35. The molecule has 1 aliphatic heterocycles. The van der Waals surface area contributed by atoms with Crippen molar-refractivity contribution in [2.24, 2.45) is 5.92 Å². The second-order valence-corrected chi connectivity index (χ2v) is 3.59. The third kappa shape index (κ3) is 3.77. The van der Waals surface area contributed by atoms with Gasteiger partial charge in [-0.25, -0.2) is 0 Å². The molecule has 1 saturated heterocycles. The van der Waals surface area contributed by atoms with Crippen LogP contribution in [0.2, 0.25) is 0 Å². The highest BCUT2D eigenvalue weighted by molar-refractivity contribution is 5.66. The Balaban J connectivity index is 2.28. The highest BCUT2D eigenvalue weighted by Gasteiger charge is 2.23. The van der Waals surface area contributed by atoms with Crippen LogP contribution in [0.3, 0.4) is 0 Å². The molecule has 0 aromatic rings. The van der Waals surface area contributed by atoms with Crippen molar-refractivity contribution < 1.29 is 14.3 Å². The number of ether oxygens (including phenoxy) is 2. The van der Waals surface area contributed by atoms with Gasteiger partial charge in [0.1, 0.15) is 0 Å². The summed E-state index contributed by atoms with van der Waals surface area (Å²) in [5.74, 6) is 0.422. The van der Waals surface area contributed by atoms with Crippen LogP contribution in [0.5, 0.6) is 0 Å². The van der Waals surface area contributed by atoms with Crippen LogP contribution in [0.15, 0.2) is 0 Å². The SMILES string of the molecule is CCCC1CCOC(OC(C)=O)C1. The van der Waals surface area contributed by atoms with Crippen LogP contribution in [0.25, 0.3) is 0 Å². The zero-order valence-corrected chi connectivity index (χ0v) is 8.41. The second kappa shape index (κ2) is 5.22. The molecule has 0 bridgehead atoms. The van der Waals surface area contributed by atoms with Crippen molar-refractivity contribution in [3.8, 4) is 0 Å². The summed E-state index contributed by atoms with van der Waals surface area (Å²) in [7, 11) is 0. The largest absolute Gasteiger partial charge is 0.436 e. The van der Waals surface area contributed by atoms with Gasteiger partial charge in [-0.1, -0.05) is 19.8 Å². The van der Waals surface area contributed by atoms with E-state index in [4.69, 9.17) is 9.47 Å². The topological polar surface area (TPSA) is 35.5 Å². The van der Waals surface area contributed by atoms with Gasteiger partial charge in [-0.3, -0.25) is 4.79 Å². The third-order valence-corrected chi connectivity index (χ3v) is 2.35. The maximum absolute atomic E-state index is 10.7. The summed E-state index contributed by atoms with van der Waals surface area (Å²) < 4.78 is 10.3. The van der Waals surface area contributed by atoms with E-state index in [1.807, 2.05) is 0 Å². The fourth-order valence-corrected chi connectivity index (χ4v) is 1.76. The van der Waals surface area contributed by atoms with E-state index in [2.05, 4.69) is 6.92 Å². The average Bonchev–Trinajstić information content (AvgIpc) is 2.04. The van der Waals surface area contributed by atoms with Gasteiger partial charge in [-0.15, -0.1) is 0 Å². The molecule has 1 fully saturated rings. The molecule has 0 aromatic carbocycles. The zero-order valence-electron chi connectivity index (χ0n) is 8.41. The molecule has 2 unspecified atom stereocenters. The molecule has 0 saturated carbocycles. The summed E-state index contributed by atoms with van der Waals surface area (Å²) in [5.41, 5.74) is 0. The number of carbonyl (C=O) groups excluding carboxylic acids is 1.